The molecular weight excluding hydrogens is 274 g/mol. The molecule has 1 amide bonds. The first-order valence-corrected chi connectivity index (χ1v) is 7.53. The molecule has 2 rings (SSSR count). The van der Waals surface area contributed by atoms with Crippen molar-refractivity contribution in [1.82, 2.24) is 5.32 Å². The summed E-state index contributed by atoms with van der Waals surface area (Å²) in [4.78, 5) is 14.8. The zero-order valence-electron chi connectivity index (χ0n) is 11.7. The van der Waals surface area contributed by atoms with Crippen LogP contribution in [-0.4, -0.2) is 38.8 Å². The second kappa shape index (κ2) is 6.76. The maximum Gasteiger partial charge on any atom is 0.263 e. The molecule has 1 aliphatic rings. The van der Waals surface area contributed by atoms with Gasteiger partial charge in [0, 0.05) is 26.7 Å². The number of hydrogen-bond donors (Lipinski definition) is 2. The summed E-state index contributed by atoms with van der Waals surface area (Å²) in [6.45, 7) is 5.90. The van der Waals surface area contributed by atoms with Gasteiger partial charge in [0.25, 0.3) is 5.91 Å². The molecule has 3 N–H and O–H groups in total. The largest absolute Gasteiger partial charge is 0.397 e. The first kappa shape index (κ1) is 14.9. The normalized spacial score (nSPS) is 16.1. The predicted molar refractivity (Wildman–Crippen MR) is 83.5 cm³/mol. The van der Waals surface area contributed by atoms with Crippen LogP contribution in [0, 0.1) is 0 Å². The van der Waals surface area contributed by atoms with Crippen LogP contribution in [0.1, 0.15) is 22.5 Å². The summed E-state index contributed by atoms with van der Waals surface area (Å²) in [5.74, 6) is -0.134. The fourth-order valence-corrected chi connectivity index (χ4v) is 3.33. The van der Waals surface area contributed by atoms with Gasteiger partial charge in [-0.15, -0.1) is 17.9 Å². The van der Waals surface area contributed by atoms with E-state index in [0.29, 0.717) is 23.2 Å². The van der Waals surface area contributed by atoms with E-state index in [1.165, 1.54) is 11.3 Å². The van der Waals surface area contributed by atoms with E-state index in [1.54, 1.807) is 13.2 Å². The fourth-order valence-electron chi connectivity index (χ4n) is 2.28. The van der Waals surface area contributed by atoms with Crippen molar-refractivity contribution in [2.45, 2.75) is 18.9 Å². The van der Waals surface area contributed by atoms with Gasteiger partial charge in [-0.1, -0.05) is 6.08 Å². The van der Waals surface area contributed by atoms with Crippen molar-refractivity contribution < 1.29 is 9.53 Å². The van der Waals surface area contributed by atoms with Gasteiger partial charge in [-0.2, -0.15) is 0 Å². The van der Waals surface area contributed by atoms with Gasteiger partial charge in [-0.05, 0) is 18.9 Å². The number of rotatable bonds is 5. The molecule has 0 spiro atoms. The molecule has 0 radical (unpaired) electrons. The minimum atomic E-state index is -0.134. The summed E-state index contributed by atoms with van der Waals surface area (Å²) in [6.07, 6.45) is 4.01. The van der Waals surface area contributed by atoms with E-state index in [0.717, 1.165) is 30.9 Å². The van der Waals surface area contributed by atoms with Crippen LogP contribution in [0.4, 0.5) is 10.7 Å². The summed E-state index contributed by atoms with van der Waals surface area (Å²) in [7, 11) is 1.76. The number of anilines is 2. The molecule has 5 nitrogen and oxygen atoms in total. The van der Waals surface area contributed by atoms with Gasteiger partial charge < -0.3 is 20.7 Å². The maximum atomic E-state index is 12.0. The Labute approximate surface area is 123 Å². The summed E-state index contributed by atoms with van der Waals surface area (Å²) in [5.41, 5.74) is 6.49. The molecule has 0 bridgehead atoms. The molecule has 0 aromatic carbocycles. The van der Waals surface area contributed by atoms with Crippen LogP contribution in [0.2, 0.25) is 0 Å². The van der Waals surface area contributed by atoms with Crippen molar-refractivity contribution in [3.05, 3.63) is 23.6 Å². The molecule has 1 fully saturated rings. The molecule has 2 heterocycles. The van der Waals surface area contributed by atoms with Crippen molar-refractivity contribution in [2.75, 3.05) is 37.4 Å². The van der Waals surface area contributed by atoms with Crippen LogP contribution in [0.3, 0.4) is 0 Å². The number of ether oxygens (including phenoxy) is 1. The molecule has 1 aromatic rings. The van der Waals surface area contributed by atoms with E-state index < -0.39 is 0 Å². The SMILES string of the molecule is C=CCNC(=O)c1sc(N2CCC(OC)CC2)cc1N. The Kier molecular flexibility index (Phi) is 5.03. The quantitative estimate of drug-likeness (QED) is 0.814. The van der Waals surface area contributed by atoms with E-state index in [9.17, 15) is 4.79 Å². The van der Waals surface area contributed by atoms with Crippen LogP contribution in [0.25, 0.3) is 0 Å². The van der Waals surface area contributed by atoms with Crippen molar-refractivity contribution in [3.8, 4) is 0 Å². The minimum absolute atomic E-state index is 0.134. The number of amides is 1. The van der Waals surface area contributed by atoms with Crippen LogP contribution in [0.5, 0.6) is 0 Å². The highest BCUT2D eigenvalue weighted by Crippen LogP contribution is 2.33. The maximum absolute atomic E-state index is 12.0. The third-order valence-corrected chi connectivity index (χ3v) is 4.66. The number of nitrogen functional groups attached to an aromatic ring is 1. The second-order valence-corrected chi connectivity index (χ2v) is 5.82. The number of piperidine rings is 1. The van der Waals surface area contributed by atoms with Crippen molar-refractivity contribution in [2.24, 2.45) is 0 Å². The van der Waals surface area contributed by atoms with Gasteiger partial charge in [-0.25, -0.2) is 0 Å². The van der Waals surface area contributed by atoms with E-state index in [1.807, 2.05) is 6.07 Å². The molecular formula is C14H21N3O2S. The third-order valence-electron chi connectivity index (χ3n) is 3.45. The van der Waals surface area contributed by atoms with Crippen molar-refractivity contribution >= 4 is 27.9 Å². The monoisotopic (exact) mass is 295 g/mol. The van der Waals surface area contributed by atoms with Crippen LogP contribution >= 0.6 is 11.3 Å². The molecule has 1 saturated heterocycles. The number of nitrogens with two attached hydrogens (primary N) is 1. The lowest BCUT2D eigenvalue weighted by Crippen LogP contribution is -2.36. The molecule has 0 atom stereocenters. The zero-order chi connectivity index (χ0) is 14.5. The fraction of sp³-hybridized carbons (Fsp3) is 0.500. The Morgan fingerprint density at radius 2 is 2.35 bits per heavy atom. The average Bonchev–Trinajstić information content (AvgIpc) is 2.87. The van der Waals surface area contributed by atoms with Gasteiger partial charge in [0.05, 0.1) is 16.8 Å². The summed E-state index contributed by atoms with van der Waals surface area (Å²) in [6, 6.07) is 1.89. The number of thiophene rings is 1. The van der Waals surface area contributed by atoms with Gasteiger partial charge in [0.2, 0.25) is 0 Å². The Bertz CT molecular complexity index is 479. The second-order valence-electron chi connectivity index (χ2n) is 4.79. The number of methoxy groups -OCH3 is 1. The topological polar surface area (TPSA) is 67.6 Å². The highest BCUT2D eigenvalue weighted by molar-refractivity contribution is 7.18. The highest BCUT2D eigenvalue weighted by Gasteiger charge is 2.22. The molecule has 0 saturated carbocycles. The molecule has 20 heavy (non-hydrogen) atoms. The number of nitrogens with zero attached hydrogens (tertiary/aromatic N) is 1. The minimum Gasteiger partial charge on any atom is -0.397 e. The van der Waals surface area contributed by atoms with E-state index in [4.69, 9.17) is 10.5 Å². The molecule has 0 unspecified atom stereocenters. The Balaban J connectivity index is 2.03. The number of carbonyl (C=O) groups excluding carboxylic acids is 1. The van der Waals surface area contributed by atoms with E-state index in [2.05, 4.69) is 16.8 Å². The van der Waals surface area contributed by atoms with Gasteiger partial charge >= 0.3 is 0 Å². The summed E-state index contributed by atoms with van der Waals surface area (Å²) in [5, 5.41) is 3.81. The Morgan fingerprint density at radius 1 is 1.65 bits per heavy atom. The number of hydrogen-bond acceptors (Lipinski definition) is 5. The van der Waals surface area contributed by atoms with Crippen molar-refractivity contribution in [1.29, 1.82) is 0 Å². The van der Waals surface area contributed by atoms with E-state index in [-0.39, 0.29) is 5.91 Å². The van der Waals surface area contributed by atoms with Crippen LogP contribution in [0.15, 0.2) is 18.7 Å². The number of nitrogens with one attached hydrogen (secondary N) is 1. The molecule has 110 valence electrons. The number of carbonyl (C=O) groups is 1. The lowest BCUT2D eigenvalue weighted by Gasteiger charge is -2.31. The van der Waals surface area contributed by atoms with E-state index >= 15 is 0 Å². The Hall–Kier alpha value is -1.53. The predicted octanol–water partition coefficient (Wildman–Crippen LogP) is 1.86. The molecule has 1 aliphatic heterocycles. The summed E-state index contributed by atoms with van der Waals surface area (Å²) >= 11 is 1.45. The van der Waals surface area contributed by atoms with Crippen LogP contribution < -0.4 is 16.0 Å². The molecule has 6 heteroatoms. The smallest absolute Gasteiger partial charge is 0.263 e. The summed E-state index contributed by atoms with van der Waals surface area (Å²) < 4.78 is 5.37. The first-order valence-electron chi connectivity index (χ1n) is 6.71. The zero-order valence-corrected chi connectivity index (χ0v) is 12.5. The average molecular weight is 295 g/mol. The Morgan fingerprint density at radius 3 is 2.95 bits per heavy atom. The van der Waals surface area contributed by atoms with Crippen LogP contribution in [-0.2, 0) is 4.74 Å². The van der Waals surface area contributed by atoms with Gasteiger partial charge in [-0.3, -0.25) is 4.79 Å². The molecule has 0 aliphatic carbocycles. The van der Waals surface area contributed by atoms with Crippen molar-refractivity contribution in [3.63, 3.8) is 0 Å². The standard InChI is InChI=1S/C14H21N3O2S/c1-3-6-16-14(18)13-11(15)9-12(20-13)17-7-4-10(19-2)5-8-17/h3,9-10H,1,4-8,15H2,2H3,(H,16,18). The lowest BCUT2D eigenvalue weighted by molar-refractivity contribution is 0.0820. The molecule has 1 aromatic heterocycles. The first-order chi connectivity index (χ1) is 9.65. The van der Waals surface area contributed by atoms with Gasteiger partial charge in [0.1, 0.15) is 4.88 Å². The lowest BCUT2D eigenvalue weighted by atomic mass is 10.1. The van der Waals surface area contributed by atoms with Gasteiger partial charge in [0.15, 0.2) is 0 Å². The highest BCUT2D eigenvalue weighted by atomic mass is 32.1. The third kappa shape index (κ3) is 3.32.